The minimum Gasteiger partial charge on any atom is -0.349 e. The van der Waals surface area contributed by atoms with Crippen LogP contribution < -0.4 is 0 Å². The summed E-state index contributed by atoms with van der Waals surface area (Å²) in [7, 11) is 3.46. The molecule has 1 aromatic carbocycles. The van der Waals surface area contributed by atoms with Gasteiger partial charge in [0.1, 0.15) is 5.82 Å². The molecule has 2 amide bonds. The van der Waals surface area contributed by atoms with E-state index < -0.39 is 0 Å². The first-order valence-corrected chi connectivity index (χ1v) is 8.67. The molecule has 1 fully saturated rings. The van der Waals surface area contributed by atoms with Crippen molar-refractivity contribution in [2.24, 2.45) is 5.92 Å². The summed E-state index contributed by atoms with van der Waals surface area (Å²) in [6, 6.07) is 7.92. The van der Waals surface area contributed by atoms with Gasteiger partial charge in [-0.1, -0.05) is 12.1 Å². The lowest BCUT2D eigenvalue weighted by atomic mass is 9.96. The second-order valence-corrected chi connectivity index (χ2v) is 6.80. The van der Waals surface area contributed by atoms with E-state index in [1.807, 2.05) is 0 Å². The molecule has 1 aliphatic rings. The van der Waals surface area contributed by atoms with E-state index in [1.54, 1.807) is 48.3 Å². The van der Waals surface area contributed by atoms with Crippen LogP contribution in [-0.2, 0) is 4.79 Å². The maximum atomic E-state index is 13.5. The molecule has 6 heteroatoms. The van der Waals surface area contributed by atoms with Gasteiger partial charge >= 0.3 is 0 Å². The number of hydrogen-bond donors (Lipinski definition) is 0. The van der Waals surface area contributed by atoms with Gasteiger partial charge < -0.3 is 9.80 Å². The summed E-state index contributed by atoms with van der Waals surface area (Å²) in [4.78, 5) is 32.5. The number of nitrogens with zero attached hydrogens (tertiary/aromatic N) is 3. The summed E-state index contributed by atoms with van der Waals surface area (Å²) in [5.74, 6) is -0.594. The Kier molecular flexibility index (Phi) is 5.30. The number of amides is 2. The Balaban J connectivity index is 1.79. The molecule has 1 aromatic heterocycles. The summed E-state index contributed by atoms with van der Waals surface area (Å²) in [5.41, 5.74) is 1.81. The number of hydrogen-bond acceptors (Lipinski definition) is 3. The Hall–Kier alpha value is -2.76. The van der Waals surface area contributed by atoms with Gasteiger partial charge in [-0.15, -0.1) is 0 Å². The molecular formula is C20H22FN3O2. The number of carbonyl (C=O) groups is 2. The van der Waals surface area contributed by atoms with Crippen molar-refractivity contribution < 1.29 is 14.0 Å². The Bertz CT molecular complexity index is 822. The zero-order chi connectivity index (χ0) is 18.7. The number of rotatable bonds is 3. The Morgan fingerprint density at radius 1 is 1.19 bits per heavy atom. The molecular weight excluding hydrogens is 333 g/mol. The van der Waals surface area contributed by atoms with E-state index in [2.05, 4.69) is 4.98 Å². The molecule has 1 unspecified atom stereocenters. The summed E-state index contributed by atoms with van der Waals surface area (Å²) >= 11 is 0. The van der Waals surface area contributed by atoms with Crippen molar-refractivity contribution in [3.63, 3.8) is 0 Å². The smallest absolute Gasteiger partial charge is 0.255 e. The van der Waals surface area contributed by atoms with Crippen LogP contribution in [0.2, 0.25) is 0 Å². The molecule has 1 aliphatic heterocycles. The van der Waals surface area contributed by atoms with Gasteiger partial charge in [0.05, 0.1) is 11.5 Å². The van der Waals surface area contributed by atoms with Crippen molar-refractivity contribution >= 4 is 11.8 Å². The van der Waals surface area contributed by atoms with E-state index in [-0.39, 0.29) is 23.5 Å². The molecule has 0 bridgehead atoms. The highest BCUT2D eigenvalue weighted by Gasteiger charge is 2.29. The van der Waals surface area contributed by atoms with Crippen LogP contribution >= 0.6 is 0 Å². The molecule has 26 heavy (non-hydrogen) atoms. The van der Waals surface area contributed by atoms with Crippen LogP contribution in [0, 0.1) is 11.7 Å². The number of benzene rings is 1. The van der Waals surface area contributed by atoms with Crippen LogP contribution in [0.4, 0.5) is 4.39 Å². The highest BCUT2D eigenvalue weighted by molar-refractivity contribution is 5.95. The minimum absolute atomic E-state index is 0.0501. The fraction of sp³-hybridized carbons (Fsp3) is 0.350. The summed E-state index contributed by atoms with van der Waals surface area (Å²) < 4.78 is 13.5. The fourth-order valence-corrected chi connectivity index (χ4v) is 3.29. The third kappa shape index (κ3) is 3.90. The summed E-state index contributed by atoms with van der Waals surface area (Å²) in [6.45, 7) is 1.04. The first-order chi connectivity index (χ1) is 12.5. The van der Waals surface area contributed by atoms with E-state index in [0.29, 0.717) is 29.8 Å². The van der Waals surface area contributed by atoms with Crippen LogP contribution in [0.5, 0.6) is 0 Å². The predicted molar refractivity (Wildman–Crippen MR) is 97.0 cm³/mol. The first kappa shape index (κ1) is 18.0. The molecule has 0 aliphatic carbocycles. The topological polar surface area (TPSA) is 53.5 Å². The van der Waals surface area contributed by atoms with E-state index >= 15 is 0 Å². The first-order valence-electron chi connectivity index (χ1n) is 8.67. The summed E-state index contributed by atoms with van der Waals surface area (Å²) in [6.07, 6.45) is 4.72. The third-order valence-electron chi connectivity index (χ3n) is 4.64. The van der Waals surface area contributed by atoms with Crippen molar-refractivity contribution in [2.45, 2.75) is 12.8 Å². The summed E-state index contributed by atoms with van der Waals surface area (Å²) in [5, 5.41) is 0. The molecule has 0 radical (unpaired) electrons. The molecule has 136 valence electrons. The lowest BCUT2D eigenvalue weighted by Gasteiger charge is -2.33. The van der Waals surface area contributed by atoms with E-state index in [0.717, 1.165) is 12.8 Å². The third-order valence-corrected chi connectivity index (χ3v) is 4.64. The highest BCUT2D eigenvalue weighted by Crippen LogP contribution is 2.23. The van der Waals surface area contributed by atoms with Crippen molar-refractivity contribution in [2.75, 3.05) is 27.2 Å². The van der Waals surface area contributed by atoms with Crippen molar-refractivity contribution in [3.8, 4) is 11.1 Å². The predicted octanol–water partition coefficient (Wildman–Crippen LogP) is 2.83. The van der Waals surface area contributed by atoms with Gasteiger partial charge in [0.15, 0.2) is 0 Å². The number of aromatic nitrogens is 1. The van der Waals surface area contributed by atoms with E-state index in [4.69, 9.17) is 0 Å². The number of halogens is 1. The zero-order valence-corrected chi connectivity index (χ0v) is 15.0. The average Bonchev–Trinajstić information content (AvgIpc) is 2.67. The second-order valence-electron chi connectivity index (χ2n) is 6.80. The van der Waals surface area contributed by atoms with Gasteiger partial charge in [0, 0.05) is 45.1 Å². The SMILES string of the molecule is CN(C)C(=O)C1CCCN(C(=O)c2cncc(-c3cccc(F)c3)c2)C1. The number of piperidine rings is 1. The van der Waals surface area contributed by atoms with Crippen LogP contribution in [0.25, 0.3) is 11.1 Å². The molecule has 2 heterocycles. The minimum atomic E-state index is -0.333. The molecule has 0 N–H and O–H groups in total. The van der Waals surface area contributed by atoms with Crippen LogP contribution in [0.3, 0.4) is 0 Å². The molecule has 0 saturated carbocycles. The number of pyridine rings is 1. The highest BCUT2D eigenvalue weighted by atomic mass is 19.1. The second kappa shape index (κ2) is 7.64. The van der Waals surface area contributed by atoms with Crippen molar-refractivity contribution in [1.29, 1.82) is 0 Å². The van der Waals surface area contributed by atoms with Gasteiger partial charge in [-0.3, -0.25) is 14.6 Å². The van der Waals surface area contributed by atoms with Crippen LogP contribution in [-0.4, -0.2) is 53.8 Å². The zero-order valence-electron chi connectivity index (χ0n) is 15.0. The molecule has 2 aromatic rings. The fourth-order valence-electron chi connectivity index (χ4n) is 3.29. The lowest BCUT2D eigenvalue weighted by molar-refractivity contribution is -0.134. The molecule has 1 atom stereocenters. The Morgan fingerprint density at radius 2 is 2.00 bits per heavy atom. The number of likely N-dealkylation sites (tertiary alicyclic amines) is 1. The van der Waals surface area contributed by atoms with Gasteiger partial charge in [0.2, 0.25) is 5.91 Å². The Labute approximate surface area is 152 Å². The molecule has 0 spiro atoms. The van der Waals surface area contributed by atoms with Gasteiger partial charge in [-0.05, 0) is 36.6 Å². The van der Waals surface area contributed by atoms with Gasteiger partial charge in [-0.25, -0.2) is 4.39 Å². The van der Waals surface area contributed by atoms with Crippen LogP contribution in [0.15, 0.2) is 42.7 Å². The molecule has 5 nitrogen and oxygen atoms in total. The maximum absolute atomic E-state index is 13.5. The quantitative estimate of drug-likeness (QED) is 0.851. The molecule has 1 saturated heterocycles. The maximum Gasteiger partial charge on any atom is 0.255 e. The average molecular weight is 355 g/mol. The number of carbonyl (C=O) groups excluding carboxylic acids is 2. The largest absolute Gasteiger partial charge is 0.349 e. The van der Waals surface area contributed by atoms with Crippen LogP contribution in [0.1, 0.15) is 23.2 Å². The van der Waals surface area contributed by atoms with Gasteiger partial charge in [-0.2, -0.15) is 0 Å². The Morgan fingerprint density at radius 3 is 2.73 bits per heavy atom. The van der Waals surface area contributed by atoms with Gasteiger partial charge in [0.25, 0.3) is 5.91 Å². The standard InChI is InChI=1S/C20H22FN3O2/c1-23(2)19(25)15-6-4-8-24(13-15)20(26)17-9-16(11-22-12-17)14-5-3-7-18(21)10-14/h3,5,7,9-12,15H,4,6,8,13H2,1-2H3. The lowest BCUT2D eigenvalue weighted by Crippen LogP contribution is -2.45. The monoisotopic (exact) mass is 355 g/mol. The normalized spacial score (nSPS) is 17.0. The molecule has 3 rings (SSSR count). The van der Waals surface area contributed by atoms with Crippen molar-refractivity contribution in [1.82, 2.24) is 14.8 Å². The van der Waals surface area contributed by atoms with Crippen molar-refractivity contribution in [3.05, 3.63) is 54.1 Å². The van der Waals surface area contributed by atoms with E-state index in [1.165, 1.54) is 18.3 Å². The van der Waals surface area contributed by atoms with E-state index in [9.17, 15) is 14.0 Å².